The molecule has 0 bridgehead atoms. The summed E-state index contributed by atoms with van der Waals surface area (Å²) in [6.45, 7) is 6.52. The quantitative estimate of drug-likeness (QED) is 0.0261. The summed E-state index contributed by atoms with van der Waals surface area (Å²) in [7, 11) is 0. The fourth-order valence-corrected chi connectivity index (χ4v) is 9.62. The van der Waals surface area contributed by atoms with E-state index in [1.807, 2.05) is 0 Å². The van der Waals surface area contributed by atoms with Gasteiger partial charge in [-0.25, -0.2) is 0 Å². The Bertz CT molecular complexity index is 1480. The first-order chi connectivity index (χ1) is 38.5. The highest BCUT2D eigenvalue weighted by Crippen LogP contribution is 2.17. The number of ether oxygens (including phenoxy) is 3. The van der Waals surface area contributed by atoms with Crippen LogP contribution < -0.4 is 0 Å². The fraction of sp³-hybridized carbons (Fsp3) is 0.764. The molecule has 0 amide bonds. The number of esters is 3. The highest BCUT2D eigenvalue weighted by atomic mass is 16.6. The van der Waals surface area contributed by atoms with Gasteiger partial charge in [0.05, 0.1) is 0 Å². The van der Waals surface area contributed by atoms with E-state index in [-0.39, 0.29) is 31.1 Å². The van der Waals surface area contributed by atoms with E-state index in [4.69, 9.17) is 14.2 Å². The average molecular weight is 1090 g/mol. The second-order valence-electron chi connectivity index (χ2n) is 22.4. The minimum absolute atomic E-state index is 0.0769. The predicted molar refractivity (Wildman–Crippen MR) is 339 cm³/mol. The summed E-state index contributed by atoms with van der Waals surface area (Å²) in [4.78, 5) is 38.2. The molecule has 450 valence electrons. The van der Waals surface area contributed by atoms with E-state index in [1.165, 1.54) is 180 Å². The number of unbranched alkanes of at least 4 members (excludes halogenated alkanes) is 36. The van der Waals surface area contributed by atoms with Gasteiger partial charge in [0.15, 0.2) is 6.10 Å². The summed E-state index contributed by atoms with van der Waals surface area (Å²) >= 11 is 0. The molecule has 6 heteroatoms. The Morgan fingerprint density at radius 1 is 0.269 bits per heavy atom. The Hall–Kier alpha value is -3.41. The molecule has 0 aliphatic heterocycles. The molecule has 1 atom stereocenters. The van der Waals surface area contributed by atoms with Crippen LogP contribution in [-0.2, 0) is 28.6 Å². The van der Waals surface area contributed by atoms with Crippen molar-refractivity contribution in [1.29, 1.82) is 0 Å². The molecule has 1 unspecified atom stereocenters. The molecule has 0 aromatic carbocycles. The normalized spacial score (nSPS) is 12.6. The lowest BCUT2D eigenvalue weighted by Gasteiger charge is -2.18. The molecule has 0 radical (unpaired) electrons. The number of hydrogen-bond donors (Lipinski definition) is 0. The smallest absolute Gasteiger partial charge is 0.306 e. The van der Waals surface area contributed by atoms with E-state index < -0.39 is 6.10 Å². The molecule has 78 heavy (non-hydrogen) atoms. The van der Waals surface area contributed by atoms with Crippen molar-refractivity contribution in [3.63, 3.8) is 0 Å². The van der Waals surface area contributed by atoms with E-state index in [0.717, 1.165) is 116 Å². The van der Waals surface area contributed by atoms with E-state index in [2.05, 4.69) is 106 Å². The summed E-state index contributed by atoms with van der Waals surface area (Å²) in [6.07, 6.45) is 87.5. The van der Waals surface area contributed by atoms with E-state index >= 15 is 0 Å². The monoisotopic (exact) mass is 1090 g/mol. The van der Waals surface area contributed by atoms with Crippen LogP contribution in [0.4, 0.5) is 0 Å². The molecule has 0 heterocycles. The summed E-state index contributed by atoms with van der Waals surface area (Å²) in [5.41, 5.74) is 0. The van der Waals surface area contributed by atoms with Gasteiger partial charge in [-0.2, -0.15) is 0 Å². The molecule has 0 aliphatic carbocycles. The van der Waals surface area contributed by atoms with Crippen LogP contribution in [0.2, 0.25) is 0 Å². The van der Waals surface area contributed by atoms with E-state index in [0.29, 0.717) is 19.3 Å². The lowest BCUT2D eigenvalue weighted by molar-refractivity contribution is -0.167. The molecular weight excluding hydrogens is 961 g/mol. The largest absolute Gasteiger partial charge is 0.462 e. The summed E-state index contributed by atoms with van der Waals surface area (Å²) in [5, 5.41) is 0. The molecular formula is C72H126O6. The molecule has 0 aliphatic rings. The Labute approximate surface area is 484 Å². The van der Waals surface area contributed by atoms with Crippen molar-refractivity contribution in [2.24, 2.45) is 0 Å². The second-order valence-corrected chi connectivity index (χ2v) is 22.4. The third-order valence-corrected chi connectivity index (χ3v) is 14.6. The molecule has 0 spiro atoms. The molecule has 0 saturated carbocycles. The number of hydrogen-bond acceptors (Lipinski definition) is 6. The minimum Gasteiger partial charge on any atom is -0.462 e. The maximum atomic E-state index is 12.9. The van der Waals surface area contributed by atoms with Gasteiger partial charge in [-0.15, -0.1) is 0 Å². The lowest BCUT2D eigenvalue weighted by Crippen LogP contribution is -2.30. The molecule has 0 aromatic rings. The first-order valence-corrected chi connectivity index (χ1v) is 33.6. The minimum atomic E-state index is -0.780. The Balaban J connectivity index is 4.13. The van der Waals surface area contributed by atoms with E-state index in [9.17, 15) is 14.4 Å². The summed E-state index contributed by atoms with van der Waals surface area (Å²) in [6, 6.07) is 0. The standard InChI is InChI=1S/C72H126O6/c1-4-7-10-13-16-19-22-24-26-28-29-30-31-32-33-34-35-36-37-38-39-40-41-42-43-44-46-47-50-53-56-59-62-65-71(74)77-68-69(67-76-70(73)64-61-58-55-52-49-21-18-15-12-9-6-3)78-72(75)66-63-60-57-54-51-48-45-27-25-23-20-17-14-11-8-5-2/h7,10,16,19-20,23-24,26-27,29-30,32-33,45,69H,4-6,8-9,11-15,17-18,21-22,25,28,31,34-44,46-68H2,1-3H3/b10-7-,19-16-,23-20-,26-24-,30-29-,33-32-,45-27-. The van der Waals surface area contributed by atoms with Crippen molar-refractivity contribution < 1.29 is 28.6 Å². The fourth-order valence-electron chi connectivity index (χ4n) is 9.62. The molecule has 0 fully saturated rings. The molecule has 0 rings (SSSR count). The summed E-state index contributed by atoms with van der Waals surface area (Å²) < 4.78 is 16.9. The number of allylic oxidation sites excluding steroid dienone is 14. The molecule has 0 aromatic heterocycles. The van der Waals surface area contributed by atoms with Crippen LogP contribution in [0.15, 0.2) is 85.1 Å². The number of carbonyl (C=O) groups is 3. The molecule has 0 saturated heterocycles. The highest BCUT2D eigenvalue weighted by molar-refractivity contribution is 5.71. The van der Waals surface area contributed by atoms with Crippen LogP contribution in [0, 0.1) is 0 Å². The first-order valence-electron chi connectivity index (χ1n) is 33.6. The van der Waals surface area contributed by atoms with Crippen molar-refractivity contribution in [3.05, 3.63) is 85.1 Å². The van der Waals surface area contributed by atoms with Crippen LogP contribution in [-0.4, -0.2) is 37.2 Å². The Kier molecular flexibility index (Phi) is 63.2. The van der Waals surface area contributed by atoms with Gasteiger partial charge in [-0.05, 0) is 96.3 Å². The Morgan fingerprint density at radius 3 is 0.795 bits per heavy atom. The van der Waals surface area contributed by atoms with Crippen LogP contribution in [0.1, 0.15) is 335 Å². The second kappa shape index (κ2) is 66.1. The first kappa shape index (κ1) is 74.6. The van der Waals surface area contributed by atoms with Gasteiger partial charge >= 0.3 is 17.9 Å². The van der Waals surface area contributed by atoms with Crippen molar-refractivity contribution >= 4 is 17.9 Å². The highest BCUT2D eigenvalue weighted by Gasteiger charge is 2.19. The Morgan fingerprint density at radius 2 is 0.500 bits per heavy atom. The van der Waals surface area contributed by atoms with Crippen molar-refractivity contribution in [1.82, 2.24) is 0 Å². The lowest BCUT2D eigenvalue weighted by atomic mass is 10.0. The molecule has 6 nitrogen and oxygen atoms in total. The molecule has 0 N–H and O–H groups in total. The third-order valence-electron chi connectivity index (χ3n) is 14.6. The van der Waals surface area contributed by atoms with E-state index in [1.54, 1.807) is 0 Å². The van der Waals surface area contributed by atoms with Gasteiger partial charge in [0, 0.05) is 19.3 Å². The number of carbonyl (C=O) groups excluding carboxylic acids is 3. The van der Waals surface area contributed by atoms with Gasteiger partial charge in [0.25, 0.3) is 0 Å². The van der Waals surface area contributed by atoms with Gasteiger partial charge in [-0.1, -0.05) is 305 Å². The van der Waals surface area contributed by atoms with Gasteiger partial charge < -0.3 is 14.2 Å². The SMILES string of the molecule is CC/C=C\C/C=C\C/C=C\C/C=C\C/C=C\CCCCCCCCCCCCCCCCCCCC(=O)OCC(COC(=O)CCCCCCCCCCCCC)OC(=O)CCCCCCC/C=C\C/C=C\CCCCCC. The van der Waals surface area contributed by atoms with Crippen molar-refractivity contribution in [2.45, 2.75) is 341 Å². The van der Waals surface area contributed by atoms with Crippen LogP contribution >= 0.6 is 0 Å². The maximum Gasteiger partial charge on any atom is 0.306 e. The number of rotatable bonds is 61. The maximum absolute atomic E-state index is 12.9. The third kappa shape index (κ3) is 63.4. The van der Waals surface area contributed by atoms with Crippen molar-refractivity contribution in [3.8, 4) is 0 Å². The van der Waals surface area contributed by atoms with Gasteiger partial charge in [0.1, 0.15) is 13.2 Å². The predicted octanol–water partition coefficient (Wildman–Crippen LogP) is 23.1. The van der Waals surface area contributed by atoms with Crippen LogP contribution in [0.25, 0.3) is 0 Å². The van der Waals surface area contributed by atoms with Gasteiger partial charge in [0.2, 0.25) is 0 Å². The zero-order valence-electron chi connectivity index (χ0n) is 51.7. The zero-order chi connectivity index (χ0) is 56.4. The summed E-state index contributed by atoms with van der Waals surface area (Å²) in [5.74, 6) is -0.876. The average Bonchev–Trinajstić information content (AvgIpc) is 3.44. The van der Waals surface area contributed by atoms with Crippen LogP contribution in [0.5, 0.6) is 0 Å². The van der Waals surface area contributed by atoms with Gasteiger partial charge in [-0.3, -0.25) is 14.4 Å². The van der Waals surface area contributed by atoms with Crippen LogP contribution in [0.3, 0.4) is 0 Å². The topological polar surface area (TPSA) is 78.9 Å². The zero-order valence-corrected chi connectivity index (χ0v) is 51.7. The van der Waals surface area contributed by atoms with Crippen molar-refractivity contribution in [2.75, 3.05) is 13.2 Å².